The molecule has 6 heteroatoms. The van der Waals surface area contributed by atoms with Crippen molar-refractivity contribution in [3.63, 3.8) is 0 Å². The van der Waals surface area contributed by atoms with Crippen LogP contribution in [0.4, 0.5) is 11.4 Å². The fourth-order valence-corrected chi connectivity index (χ4v) is 1.66. The summed E-state index contributed by atoms with van der Waals surface area (Å²) in [6.07, 6.45) is 0. The zero-order chi connectivity index (χ0) is 15.7. The van der Waals surface area contributed by atoms with Crippen molar-refractivity contribution in [2.24, 2.45) is 5.41 Å². The van der Waals surface area contributed by atoms with Crippen molar-refractivity contribution in [3.8, 4) is 0 Å². The van der Waals surface area contributed by atoms with Gasteiger partial charge in [-0.15, -0.1) is 0 Å². The molecular weight excluding hydrogens is 260 g/mol. The van der Waals surface area contributed by atoms with Crippen molar-refractivity contribution < 1.29 is 14.8 Å². The van der Waals surface area contributed by atoms with E-state index in [1.165, 1.54) is 6.07 Å². The lowest BCUT2D eigenvalue weighted by Gasteiger charge is -2.39. The van der Waals surface area contributed by atoms with Crippen molar-refractivity contribution >= 4 is 17.3 Å². The highest BCUT2D eigenvalue weighted by Crippen LogP contribution is 2.36. The van der Waals surface area contributed by atoms with E-state index in [4.69, 9.17) is 0 Å². The summed E-state index contributed by atoms with van der Waals surface area (Å²) in [4.78, 5) is 22.0. The molecule has 0 heterocycles. The number of hydrogen-bond acceptors (Lipinski definition) is 4. The Balaban J connectivity index is 3.22. The molecule has 2 N–H and O–H groups in total. The van der Waals surface area contributed by atoms with E-state index in [1.54, 1.807) is 46.8 Å². The summed E-state index contributed by atoms with van der Waals surface area (Å²) in [5, 5.41) is 23.4. The van der Waals surface area contributed by atoms with Crippen LogP contribution in [0.25, 0.3) is 0 Å². The molecule has 0 saturated heterocycles. The van der Waals surface area contributed by atoms with Gasteiger partial charge in [-0.3, -0.25) is 14.9 Å². The first kappa shape index (κ1) is 15.9. The first-order valence-electron chi connectivity index (χ1n) is 6.25. The average molecular weight is 280 g/mol. The van der Waals surface area contributed by atoms with Gasteiger partial charge in [0.1, 0.15) is 5.69 Å². The molecule has 0 atom stereocenters. The molecule has 6 nitrogen and oxygen atoms in total. The highest BCUT2D eigenvalue weighted by molar-refractivity contribution is 5.77. The maximum atomic E-state index is 11.4. The molecule has 0 aliphatic heterocycles. The minimum absolute atomic E-state index is 0.0562. The molecular formula is C14H20N2O4. The average Bonchev–Trinajstić information content (AvgIpc) is 2.30. The van der Waals surface area contributed by atoms with Crippen molar-refractivity contribution in [1.82, 2.24) is 0 Å². The maximum Gasteiger partial charge on any atom is 0.311 e. The van der Waals surface area contributed by atoms with E-state index in [9.17, 15) is 20.0 Å². The fourth-order valence-electron chi connectivity index (χ4n) is 1.66. The van der Waals surface area contributed by atoms with Crippen molar-refractivity contribution in [2.75, 3.05) is 5.32 Å². The predicted molar refractivity (Wildman–Crippen MR) is 77.0 cm³/mol. The zero-order valence-electron chi connectivity index (χ0n) is 12.4. The molecule has 0 aliphatic rings. The maximum absolute atomic E-state index is 11.4. The third kappa shape index (κ3) is 2.89. The SMILES string of the molecule is Cc1ccc(NC(C)(C)C(C)(C)C(=O)O)c([N+](=O)[O-])c1. The van der Waals surface area contributed by atoms with E-state index in [0.717, 1.165) is 5.56 Å². The van der Waals surface area contributed by atoms with Crippen molar-refractivity contribution in [3.05, 3.63) is 33.9 Å². The van der Waals surface area contributed by atoms with Crippen LogP contribution in [0.1, 0.15) is 33.3 Å². The van der Waals surface area contributed by atoms with Gasteiger partial charge in [0.25, 0.3) is 5.69 Å². The predicted octanol–water partition coefficient (Wildman–Crippen LogP) is 3.20. The number of aryl methyl sites for hydroxylation is 1. The van der Waals surface area contributed by atoms with Gasteiger partial charge in [0.05, 0.1) is 10.3 Å². The van der Waals surface area contributed by atoms with Crippen molar-refractivity contribution in [2.45, 2.75) is 40.2 Å². The number of carbonyl (C=O) groups is 1. The molecule has 1 aromatic carbocycles. The van der Waals surface area contributed by atoms with Gasteiger partial charge in [-0.05, 0) is 46.2 Å². The van der Waals surface area contributed by atoms with Gasteiger partial charge < -0.3 is 10.4 Å². The second-order valence-electron chi connectivity index (χ2n) is 5.96. The Hall–Kier alpha value is -2.11. The van der Waals surface area contributed by atoms with Crippen LogP contribution in [0.2, 0.25) is 0 Å². The van der Waals surface area contributed by atoms with Crippen molar-refractivity contribution in [1.29, 1.82) is 0 Å². The Labute approximate surface area is 118 Å². The summed E-state index contributed by atoms with van der Waals surface area (Å²) in [5.74, 6) is -0.968. The van der Waals surface area contributed by atoms with Crippen LogP contribution < -0.4 is 5.32 Å². The lowest BCUT2D eigenvalue weighted by atomic mass is 9.74. The monoisotopic (exact) mass is 280 g/mol. The smallest absolute Gasteiger partial charge is 0.311 e. The summed E-state index contributed by atoms with van der Waals surface area (Å²) in [5.41, 5.74) is -0.915. The van der Waals surface area contributed by atoms with Gasteiger partial charge >= 0.3 is 5.97 Å². The largest absolute Gasteiger partial charge is 0.481 e. The Morgan fingerprint density at radius 1 is 1.30 bits per heavy atom. The van der Waals surface area contributed by atoms with Gasteiger partial charge in [0, 0.05) is 11.6 Å². The number of carboxylic acid groups (broad SMARTS) is 1. The van der Waals surface area contributed by atoms with Gasteiger partial charge in [-0.1, -0.05) is 6.07 Å². The summed E-state index contributed by atoms with van der Waals surface area (Å²) < 4.78 is 0. The number of nitro benzene ring substituents is 1. The van der Waals surface area contributed by atoms with Gasteiger partial charge in [0.15, 0.2) is 0 Å². The molecule has 1 rings (SSSR count). The number of anilines is 1. The number of hydrogen-bond donors (Lipinski definition) is 2. The third-order valence-corrected chi connectivity index (χ3v) is 3.89. The molecule has 110 valence electrons. The van der Waals surface area contributed by atoms with Crippen LogP contribution >= 0.6 is 0 Å². The molecule has 0 bridgehead atoms. The normalized spacial score (nSPS) is 12.1. The lowest BCUT2D eigenvalue weighted by Crippen LogP contribution is -2.50. The van der Waals surface area contributed by atoms with Crippen LogP contribution in [0.5, 0.6) is 0 Å². The Kier molecular flexibility index (Phi) is 4.07. The molecule has 0 aliphatic carbocycles. The van der Waals surface area contributed by atoms with E-state index >= 15 is 0 Å². The van der Waals surface area contributed by atoms with E-state index in [2.05, 4.69) is 5.32 Å². The van der Waals surface area contributed by atoms with E-state index in [-0.39, 0.29) is 5.69 Å². The summed E-state index contributed by atoms with van der Waals surface area (Å²) in [6.45, 7) is 8.36. The first-order valence-corrected chi connectivity index (χ1v) is 6.25. The van der Waals surface area contributed by atoms with E-state index < -0.39 is 21.8 Å². The van der Waals surface area contributed by atoms with Crippen LogP contribution in [0, 0.1) is 22.5 Å². The first-order chi connectivity index (χ1) is 8.99. The number of nitro groups is 1. The molecule has 0 aromatic heterocycles. The zero-order valence-corrected chi connectivity index (χ0v) is 12.4. The number of nitrogens with one attached hydrogen (secondary N) is 1. The molecule has 0 fully saturated rings. The van der Waals surface area contributed by atoms with Crippen LogP contribution in [0.3, 0.4) is 0 Å². The number of carboxylic acids is 1. The highest BCUT2D eigenvalue weighted by Gasteiger charge is 2.44. The van der Waals surface area contributed by atoms with Crippen LogP contribution in [-0.2, 0) is 4.79 Å². The topological polar surface area (TPSA) is 92.5 Å². The summed E-state index contributed by atoms with van der Waals surface area (Å²) in [6, 6.07) is 4.82. The minimum atomic E-state index is -1.09. The summed E-state index contributed by atoms with van der Waals surface area (Å²) >= 11 is 0. The highest BCUT2D eigenvalue weighted by atomic mass is 16.6. The van der Waals surface area contributed by atoms with E-state index in [1.807, 2.05) is 0 Å². The lowest BCUT2D eigenvalue weighted by molar-refractivity contribution is -0.384. The van der Waals surface area contributed by atoms with Crippen LogP contribution in [-0.4, -0.2) is 21.5 Å². The summed E-state index contributed by atoms with van der Waals surface area (Å²) in [7, 11) is 0. The quantitative estimate of drug-likeness (QED) is 0.638. The second-order valence-corrected chi connectivity index (χ2v) is 5.96. The standard InChI is InChI=1S/C14H20N2O4/c1-9-6-7-10(11(8-9)16(19)20)15-14(4,5)13(2,3)12(17)18/h6-8,15H,1-5H3,(H,17,18). The fraction of sp³-hybridized carbons (Fsp3) is 0.500. The molecule has 0 radical (unpaired) electrons. The third-order valence-electron chi connectivity index (χ3n) is 3.89. The molecule has 0 saturated carbocycles. The van der Waals surface area contributed by atoms with Gasteiger partial charge in [-0.25, -0.2) is 0 Å². The van der Waals surface area contributed by atoms with E-state index in [0.29, 0.717) is 5.69 Å². The number of aliphatic carboxylic acids is 1. The van der Waals surface area contributed by atoms with Crippen LogP contribution in [0.15, 0.2) is 18.2 Å². The molecule has 0 amide bonds. The second kappa shape index (κ2) is 5.11. The minimum Gasteiger partial charge on any atom is -0.481 e. The number of nitrogens with zero attached hydrogens (tertiary/aromatic N) is 1. The van der Waals surface area contributed by atoms with Gasteiger partial charge in [0.2, 0.25) is 0 Å². The number of benzene rings is 1. The van der Waals surface area contributed by atoms with Gasteiger partial charge in [-0.2, -0.15) is 0 Å². The Bertz CT molecular complexity index is 550. The molecule has 0 unspecified atom stereocenters. The molecule has 20 heavy (non-hydrogen) atoms. The Morgan fingerprint density at radius 3 is 2.30 bits per heavy atom. The Morgan fingerprint density at radius 2 is 1.85 bits per heavy atom. The molecule has 1 aromatic rings. The molecule has 0 spiro atoms. The number of rotatable bonds is 5.